The van der Waals surface area contributed by atoms with Crippen LogP contribution in [0.4, 0.5) is 4.79 Å². The number of fused-ring (bicyclic) bond motifs is 1. The van der Waals surface area contributed by atoms with Crippen molar-refractivity contribution < 1.29 is 19.1 Å². The third-order valence-corrected chi connectivity index (χ3v) is 8.94. The van der Waals surface area contributed by atoms with Crippen molar-refractivity contribution in [3.63, 3.8) is 0 Å². The number of piperidine rings is 1. The van der Waals surface area contributed by atoms with E-state index in [0.29, 0.717) is 37.6 Å². The number of benzene rings is 3. The maximum Gasteiger partial charge on any atom is 0.407 e. The lowest BCUT2D eigenvalue weighted by atomic mass is 9.86. The van der Waals surface area contributed by atoms with Crippen LogP contribution in [-0.4, -0.2) is 64.9 Å². The Kier molecular flexibility index (Phi) is 11.6. The molecule has 9 heteroatoms. The van der Waals surface area contributed by atoms with Crippen LogP contribution >= 0.6 is 11.6 Å². The molecule has 3 aromatic carbocycles. The molecule has 2 amide bonds. The molecule has 1 aliphatic rings. The van der Waals surface area contributed by atoms with Gasteiger partial charge in [-0.2, -0.15) is 0 Å². The monoisotopic (exact) mass is 658 g/mol. The number of rotatable bonds is 12. The van der Waals surface area contributed by atoms with Crippen LogP contribution in [-0.2, 0) is 33.7 Å². The van der Waals surface area contributed by atoms with Gasteiger partial charge in [-0.3, -0.25) is 4.79 Å². The second kappa shape index (κ2) is 15.8. The largest absolute Gasteiger partial charge is 0.444 e. The molecule has 2 heterocycles. The standard InChI is InChI=1S/C38H47ClN4O4/c1-38(2,3)47-37(45)41-33(25-28-17-19-30(39)20-18-28)31(24-27-12-6-5-7-13-27)36(44)42-21-10-14-29(26-42)35-40-32-15-8-9-16-34(32)43(35)22-11-23-46-4/h5-9,12-13,15-20,29,31,33H,10-11,14,21-26H2,1-4H3,(H,41,45)/t29-,31?,33-/m1/s1. The minimum absolute atomic E-state index is 0.0237. The molecule has 3 atom stereocenters. The van der Waals surface area contributed by atoms with Gasteiger partial charge in [0.15, 0.2) is 0 Å². The zero-order chi connectivity index (χ0) is 33.4. The first kappa shape index (κ1) is 34.5. The molecule has 1 saturated heterocycles. The molecule has 1 aliphatic heterocycles. The van der Waals surface area contributed by atoms with E-state index in [2.05, 4.69) is 22.0 Å². The second-order valence-electron chi connectivity index (χ2n) is 13.5. The molecular formula is C38H47ClN4O4. The number of nitrogens with one attached hydrogen (secondary N) is 1. The Morgan fingerprint density at radius 1 is 0.979 bits per heavy atom. The molecule has 47 heavy (non-hydrogen) atoms. The van der Waals surface area contributed by atoms with Gasteiger partial charge in [0.1, 0.15) is 11.4 Å². The lowest BCUT2D eigenvalue weighted by molar-refractivity contribution is -0.137. The van der Waals surface area contributed by atoms with Gasteiger partial charge in [-0.1, -0.05) is 66.2 Å². The first-order valence-corrected chi connectivity index (χ1v) is 17.0. The number of nitrogens with zero attached hydrogens (tertiary/aromatic N) is 3. The van der Waals surface area contributed by atoms with Crippen LogP contribution in [0.15, 0.2) is 78.9 Å². The van der Waals surface area contributed by atoms with E-state index in [4.69, 9.17) is 26.1 Å². The lowest BCUT2D eigenvalue weighted by Crippen LogP contribution is -2.52. The molecule has 1 N–H and O–H groups in total. The fraction of sp³-hybridized carbons (Fsp3) is 0.447. The van der Waals surface area contributed by atoms with Gasteiger partial charge in [-0.25, -0.2) is 9.78 Å². The molecule has 4 aromatic rings. The summed E-state index contributed by atoms with van der Waals surface area (Å²) < 4.78 is 13.4. The molecule has 0 saturated carbocycles. The van der Waals surface area contributed by atoms with Gasteiger partial charge in [0.25, 0.3) is 0 Å². The number of para-hydroxylation sites is 2. The maximum atomic E-state index is 14.8. The fourth-order valence-corrected chi connectivity index (χ4v) is 6.65. The van der Waals surface area contributed by atoms with Crippen LogP contribution in [0.5, 0.6) is 0 Å². The van der Waals surface area contributed by atoms with Gasteiger partial charge in [-0.15, -0.1) is 0 Å². The highest BCUT2D eigenvalue weighted by molar-refractivity contribution is 6.30. The van der Waals surface area contributed by atoms with Crippen LogP contribution in [0.3, 0.4) is 0 Å². The predicted molar refractivity (Wildman–Crippen MR) is 187 cm³/mol. The number of carbonyl (C=O) groups is 2. The Morgan fingerprint density at radius 2 is 1.68 bits per heavy atom. The van der Waals surface area contributed by atoms with Gasteiger partial charge in [-0.05, 0) is 88.3 Å². The molecule has 0 aliphatic carbocycles. The Hall–Kier alpha value is -3.88. The average Bonchev–Trinajstić information content (AvgIpc) is 3.42. The molecular weight excluding hydrogens is 612 g/mol. The van der Waals surface area contributed by atoms with Gasteiger partial charge < -0.3 is 24.3 Å². The number of carbonyl (C=O) groups excluding carboxylic acids is 2. The zero-order valence-electron chi connectivity index (χ0n) is 28.0. The number of hydrogen-bond donors (Lipinski definition) is 1. The predicted octanol–water partition coefficient (Wildman–Crippen LogP) is 7.43. The van der Waals surface area contributed by atoms with Crippen molar-refractivity contribution in [3.05, 3.63) is 101 Å². The summed E-state index contributed by atoms with van der Waals surface area (Å²) in [5.74, 6) is 0.605. The SMILES string of the molecule is COCCCn1c([C@@H]2CCCN(C(=O)C(Cc3ccccc3)[C@@H](Cc3ccc(Cl)cc3)NC(=O)OC(C)(C)C)C2)nc2ccccc21. The van der Waals surface area contributed by atoms with Crippen LogP contribution < -0.4 is 5.32 Å². The first-order chi connectivity index (χ1) is 22.6. The van der Waals surface area contributed by atoms with E-state index in [-0.39, 0.29) is 11.8 Å². The molecule has 8 nitrogen and oxygen atoms in total. The molecule has 1 aromatic heterocycles. The van der Waals surface area contributed by atoms with E-state index in [1.54, 1.807) is 7.11 Å². The average molecular weight is 659 g/mol. The van der Waals surface area contributed by atoms with E-state index in [0.717, 1.165) is 53.8 Å². The van der Waals surface area contributed by atoms with Crippen molar-refractivity contribution in [3.8, 4) is 0 Å². The number of amides is 2. The Labute approximate surface area is 283 Å². The number of ether oxygens (including phenoxy) is 2. The van der Waals surface area contributed by atoms with E-state index in [1.807, 2.05) is 92.4 Å². The summed E-state index contributed by atoms with van der Waals surface area (Å²) in [6.07, 6.45) is 3.09. The smallest absolute Gasteiger partial charge is 0.407 e. The topological polar surface area (TPSA) is 85.7 Å². The number of aryl methyl sites for hydroxylation is 1. The molecule has 0 bridgehead atoms. The quantitative estimate of drug-likeness (QED) is 0.160. The minimum Gasteiger partial charge on any atom is -0.444 e. The van der Waals surface area contributed by atoms with Crippen molar-refractivity contribution >= 4 is 34.6 Å². The van der Waals surface area contributed by atoms with Crippen molar-refractivity contribution in [1.82, 2.24) is 19.8 Å². The summed E-state index contributed by atoms with van der Waals surface area (Å²) in [4.78, 5) is 35.1. The van der Waals surface area contributed by atoms with Crippen LogP contribution in [0, 0.1) is 5.92 Å². The summed E-state index contributed by atoms with van der Waals surface area (Å²) in [7, 11) is 1.72. The minimum atomic E-state index is -0.678. The highest BCUT2D eigenvalue weighted by Crippen LogP contribution is 2.31. The number of halogens is 1. The van der Waals surface area contributed by atoms with Gasteiger partial charge in [0, 0.05) is 50.3 Å². The molecule has 1 unspecified atom stereocenters. The normalized spacial score (nSPS) is 16.5. The Balaban J connectivity index is 1.46. The summed E-state index contributed by atoms with van der Waals surface area (Å²) in [6, 6.07) is 25.3. The van der Waals surface area contributed by atoms with E-state index >= 15 is 0 Å². The Bertz CT molecular complexity index is 1620. The van der Waals surface area contributed by atoms with Crippen molar-refractivity contribution in [2.24, 2.45) is 5.92 Å². The molecule has 0 spiro atoms. The number of hydrogen-bond acceptors (Lipinski definition) is 5. The maximum absolute atomic E-state index is 14.8. The Morgan fingerprint density at radius 3 is 2.40 bits per heavy atom. The van der Waals surface area contributed by atoms with Crippen LogP contribution in [0.2, 0.25) is 5.02 Å². The van der Waals surface area contributed by atoms with Crippen molar-refractivity contribution in [2.45, 2.75) is 77.0 Å². The highest BCUT2D eigenvalue weighted by atomic mass is 35.5. The number of imidazole rings is 1. The number of alkyl carbamates (subject to hydrolysis) is 1. The zero-order valence-corrected chi connectivity index (χ0v) is 28.7. The molecule has 250 valence electrons. The first-order valence-electron chi connectivity index (χ1n) is 16.6. The number of aromatic nitrogens is 2. The van der Waals surface area contributed by atoms with Gasteiger partial charge in [0.05, 0.1) is 17.0 Å². The van der Waals surface area contributed by atoms with E-state index < -0.39 is 23.7 Å². The third-order valence-electron chi connectivity index (χ3n) is 8.68. The van der Waals surface area contributed by atoms with E-state index in [1.165, 1.54) is 0 Å². The molecule has 1 fully saturated rings. The summed E-state index contributed by atoms with van der Waals surface area (Å²) in [6.45, 7) is 8.20. The van der Waals surface area contributed by atoms with Crippen LogP contribution in [0.1, 0.15) is 62.9 Å². The number of methoxy groups -OCH3 is 1. The van der Waals surface area contributed by atoms with E-state index in [9.17, 15) is 9.59 Å². The third kappa shape index (κ3) is 9.36. The highest BCUT2D eigenvalue weighted by Gasteiger charge is 2.37. The summed E-state index contributed by atoms with van der Waals surface area (Å²) in [5.41, 5.74) is 3.40. The van der Waals surface area contributed by atoms with Crippen molar-refractivity contribution in [2.75, 3.05) is 26.8 Å². The van der Waals surface area contributed by atoms with Gasteiger partial charge >= 0.3 is 6.09 Å². The fourth-order valence-electron chi connectivity index (χ4n) is 6.53. The summed E-state index contributed by atoms with van der Waals surface area (Å²) >= 11 is 6.20. The second-order valence-corrected chi connectivity index (χ2v) is 13.9. The number of likely N-dealkylation sites (tertiary alicyclic amines) is 1. The molecule has 5 rings (SSSR count). The van der Waals surface area contributed by atoms with Crippen molar-refractivity contribution in [1.29, 1.82) is 0 Å². The lowest BCUT2D eigenvalue weighted by Gasteiger charge is -2.37. The van der Waals surface area contributed by atoms with Crippen LogP contribution in [0.25, 0.3) is 11.0 Å². The molecule has 0 radical (unpaired) electrons. The summed E-state index contributed by atoms with van der Waals surface area (Å²) in [5, 5.41) is 3.74. The van der Waals surface area contributed by atoms with Gasteiger partial charge in [0.2, 0.25) is 5.91 Å².